The largest absolute Gasteiger partial charge is 0.337 e. The third-order valence-electron chi connectivity index (χ3n) is 4.27. The number of aryl methyl sites for hydroxylation is 1. The zero-order valence-electron chi connectivity index (χ0n) is 15.4. The summed E-state index contributed by atoms with van der Waals surface area (Å²) < 4.78 is 29.3. The lowest BCUT2D eigenvalue weighted by Gasteiger charge is -2.22. The first-order chi connectivity index (χ1) is 12.8. The van der Waals surface area contributed by atoms with Gasteiger partial charge in [-0.05, 0) is 37.4 Å². The Morgan fingerprint density at radius 2 is 2.04 bits per heavy atom. The van der Waals surface area contributed by atoms with Crippen LogP contribution in [-0.4, -0.2) is 41.9 Å². The first-order valence-corrected chi connectivity index (χ1v) is 10.9. The molecule has 3 rings (SSSR count). The van der Waals surface area contributed by atoms with Crippen molar-refractivity contribution >= 4 is 38.3 Å². The van der Waals surface area contributed by atoms with Crippen LogP contribution in [0.2, 0.25) is 0 Å². The summed E-state index contributed by atoms with van der Waals surface area (Å²) in [5, 5.41) is 1.68. The highest BCUT2D eigenvalue weighted by atomic mass is 32.2. The van der Waals surface area contributed by atoms with E-state index in [0.29, 0.717) is 6.54 Å². The number of nitrogens with zero attached hydrogens (tertiary/aromatic N) is 3. The minimum absolute atomic E-state index is 0.192. The van der Waals surface area contributed by atoms with Crippen molar-refractivity contribution in [1.82, 2.24) is 19.2 Å². The van der Waals surface area contributed by atoms with Gasteiger partial charge in [-0.25, -0.2) is 13.4 Å². The number of carbonyl (C=O) groups is 1. The molecular formula is C18H22N4O3S2. The highest BCUT2D eigenvalue weighted by molar-refractivity contribution is 7.91. The maximum Gasteiger partial charge on any atom is 0.250 e. The molecule has 0 saturated heterocycles. The van der Waals surface area contributed by atoms with Crippen molar-refractivity contribution in [2.75, 3.05) is 7.05 Å². The van der Waals surface area contributed by atoms with Crippen LogP contribution in [0.3, 0.4) is 0 Å². The minimum atomic E-state index is -3.70. The van der Waals surface area contributed by atoms with Gasteiger partial charge in [0.05, 0.1) is 23.6 Å². The number of hydrogen-bond donors (Lipinski definition) is 1. The molecule has 3 aromatic rings. The van der Waals surface area contributed by atoms with Gasteiger partial charge in [0.2, 0.25) is 5.91 Å². The van der Waals surface area contributed by atoms with Gasteiger partial charge in [-0.15, -0.1) is 11.3 Å². The van der Waals surface area contributed by atoms with E-state index < -0.39 is 16.1 Å². The van der Waals surface area contributed by atoms with Crippen LogP contribution >= 0.6 is 11.3 Å². The molecule has 27 heavy (non-hydrogen) atoms. The van der Waals surface area contributed by atoms with E-state index >= 15 is 0 Å². The number of imidazole rings is 1. The lowest BCUT2D eigenvalue weighted by Crippen LogP contribution is -2.45. The van der Waals surface area contributed by atoms with Crippen molar-refractivity contribution in [3.63, 3.8) is 0 Å². The fraction of sp³-hybridized carbons (Fsp3) is 0.333. The number of benzene rings is 1. The number of carbonyl (C=O) groups excluding carboxylic acids is 1. The zero-order valence-corrected chi connectivity index (χ0v) is 17.0. The maximum absolute atomic E-state index is 12.7. The van der Waals surface area contributed by atoms with E-state index in [0.717, 1.165) is 34.7 Å². The van der Waals surface area contributed by atoms with E-state index in [2.05, 4.69) is 14.3 Å². The topological polar surface area (TPSA) is 84.3 Å². The predicted molar refractivity (Wildman–Crippen MR) is 106 cm³/mol. The van der Waals surface area contributed by atoms with Gasteiger partial charge in [-0.3, -0.25) is 4.79 Å². The first kappa shape index (κ1) is 19.5. The SMILES string of the molecule is CCn1c(CN(C)C(=O)C(C)NS(=O)(=O)c2cccs2)nc2ccccc21. The quantitative estimate of drug-likeness (QED) is 0.653. The van der Waals surface area contributed by atoms with Crippen LogP contribution in [0.1, 0.15) is 19.7 Å². The van der Waals surface area contributed by atoms with Crippen LogP contribution in [0, 0.1) is 0 Å². The van der Waals surface area contributed by atoms with Gasteiger partial charge in [0.15, 0.2) is 0 Å². The fourth-order valence-corrected chi connectivity index (χ4v) is 5.18. The maximum atomic E-state index is 12.7. The molecule has 7 nitrogen and oxygen atoms in total. The highest BCUT2D eigenvalue weighted by Crippen LogP contribution is 2.18. The Balaban J connectivity index is 1.74. The van der Waals surface area contributed by atoms with Crippen molar-refractivity contribution in [1.29, 1.82) is 0 Å². The number of fused-ring (bicyclic) bond motifs is 1. The lowest BCUT2D eigenvalue weighted by atomic mass is 10.3. The van der Waals surface area contributed by atoms with Crippen molar-refractivity contribution in [2.45, 2.75) is 37.2 Å². The summed E-state index contributed by atoms with van der Waals surface area (Å²) in [4.78, 5) is 18.8. The molecule has 9 heteroatoms. The molecule has 1 atom stereocenters. The zero-order chi connectivity index (χ0) is 19.6. The Bertz CT molecular complexity index is 1040. The van der Waals surface area contributed by atoms with E-state index in [1.807, 2.05) is 31.2 Å². The number of hydrogen-bond acceptors (Lipinski definition) is 5. The molecule has 1 N–H and O–H groups in total. The molecule has 1 amide bonds. The second-order valence-electron chi connectivity index (χ2n) is 6.23. The van der Waals surface area contributed by atoms with Gasteiger partial charge in [-0.1, -0.05) is 18.2 Å². The molecular weight excluding hydrogens is 384 g/mol. The number of amides is 1. The molecule has 0 aliphatic carbocycles. The van der Waals surface area contributed by atoms with Crippen molar-refractivity contribution in [2.24, 2.45) is 0 Å². The number of aromatic nitrogens is 2. The van der Waals surface area contributed by atoms with E-state index in [1.165, 1.54) is 11.0 Å². The summed E-state index contributed by atoms with van der Waals surface area (Å²) in [5.41, 5.74) is 1.89. The van der Waals surface area contributed by atoms with Gasteiger partial charge < -0.3 is 9.47 Å². The second-order valence-corrected chi connectivity index (χ2v) is 9.12. The average Bonchev–Trinajstić information content (AvgIpc) is 3.28. The molecule has 0 bridgehead atoms. The first-order valence-electron chi connectivity index (χ1n) is 8.58. The van der Waals surface area contributed by atoms with Crippen LogP contribution in [0.15, 0.2) is 46.0 Å². The molecule has 2 heterocycles. The molecule has 0 aliphatic heterocycles. The number of likely N-dealkylation sites (N-methyl/N-ethyl adjacent to an activating group) is 1. The molecule has 144 valence electrons. The second kappa shape index (κ2) is 7.79. The number of nitrogens with one attached hydrogen (secondary N) is 1. The summed E-state index contributed by atoms with van der Waals surface area (Å²) in [6, 6.07) is 10.1. The smallest absolute Gasteiger partial charge is 0.250 e. The van der Waals surface area contributed by atoms with Crippen LogP contribution in [-0.2, 0) is 27.9 Å². The van der Waals surface area contributed by atoms with Crippen LogP contribution in [0.4, 0.5) is 0 Å². The summed E-state index contributed by atoms with van der Waals surface area (Å²) in [5.74, 6) is 0.452. The van der Waals surface area contributed by atoms with Gasteiger partial charge >= 0.3 is 0 Å². The highest BCUT2D eigenvalue weighted by Gasteiger charge is 2.25. The normalized spacial score (nSPS) is 13.0. The number of rotatable bonds is 7. The standard InChI is InChI=1S/C18H22N4O3S2/c1-4-22-15-9-6-5-8-14(15)19-16(22)12-21(3)18(23)13(2)20-27(24,25)17-10-7-11-26-17/h5-11,13,20H,4,12H2,1-3H3. The van der Waals surface area contributed by atoms with Gasteiger partial charge in [0.25, 0.3) is 10.0 Å². The molecule has 0 spiro atoms. The molecule has 2 aromatic heterocycles. The third-order valence-corrected chi connectivity index (χ3v) is 7.21. The van der Waals surface area contributed by atoms with Crippen molar-refractivity contribution < 1.29 is 13.2 Å². The third kappa shape index (κ3) is 4.05. The van der Waals surface area contributed by atoms with Crippen LogP contribution in [0.5, 0.6) is 0 Å². The van der Waals surface area contributed by atoms with E-state index in [9.17, 15) is 13.2 Å². The Morgan fingerprint density at radius 3 is 2.70 bits per heavy atom. The average molecular weight is 407 g/mol. The Morgan fingerprint density at radius 1 is 1.30 bits per heavy atom. The molecule has 0 aliphatic rings. The molecule has 0 fully saturated rings. The van der Waals surface area contributed by atoms with Crippen LogP contribution in [0.25, 0.3) is 11.0 Å². The summed E-state index contributed by atoms with van der Waals surface area (Å²) in [7, 11) is -2.05. The molecule has 0 radical (unpaired) electrons. The molecule has 1 unspecified atom stereocenters. The fourth-order valence-electron chi connectivity index (χ4n) is 2.98. The molecule has 0 saturated carbocycles. The number of sulfonamides is 1. The Hall–Kier alpha value is -2.23. The van der Waals surface area contributed by atoms with Gasteiger partial charge in [0.1, 0.15) is 10.0 Å². The predicted octanol–water partition coefficient (Wildman–Crippen LogP) is 2.44. The minimum Gasteiger partial charge on any atom is -0.337 e. The van der Waals surface area contributed by atoms with E-state index in [4.69, 9.17) is 0 Å². The van der Waals surface area contributed by atoms with E-state index in [1.54, 1.807) is 25.4 Å². The lowest BCUT2D eigenvalue weighted by molar-refractivity contribution is -0.131. The van der Waals surface area contributed by atoms with Gasteiger partial charge in [0, 0.05) is 13.6 Å². The van der Waals surface area contributed by atoms with Crippen molar-refractivity contribution in [3.05, 3.63) is 47.6 Å². The monoisotopic (exact) mass is 406 g/mol. The Kier molecular flexibility index (Phi) is 5.64. The molecule has 1 aromatic carbocycles. The van der Waals surface area contributed by atoms with Gasteiger partial charge in [-0.2, -0.15) is 4.72 Å². The summed E-state index contributed by atoms with van der Waals surface area (Å²) in [6.45, 7) is 4.61. The summed E-state index contributed by atoms with van der Waals surface area (Å²) in [6.07, 6.45) is 0. The van der Waals surface area contributed by atoms with E-state index in [-0.39, 0.29) is 10.1 Å². The number of para-hydroxylation sites is 2. The van der Waals surface area contributed by atoms with Crippen molar-refractivity contribution in [3.8, 4) is 0 Å². The Labute approximate surface area is 162 Å². The van der Waals surface area contributed by atoms with Crippen LogP contribution < -0.4 is 4.72 Å². The number of thiophene rings is 1. The summed E-state index contributed by atoms with van der Waals surface area (Å²) >= 11 is 1.11.